The van der Waals surface area contributed by atoms with Crippen molar-refractivity contribution in [1.82, 2.24) is 19.9 Å². The molecule has 2 aromatic carbocycles. The summed E-state index contributed by atoms with van der Waals surface area (Å²) in [6.07, 6.45) is 4.53. The van der Waals surface area contributed by atoms with Gasteiger partial charge in [-0.2, -0.15) is 16.8 Å². The molecule has 0 aliphatic carbocycles. The Labute approximate surface area is 353 Å². The van der Waals surface area contributed by atoms with Crippen LogP contribution in [0.4, 0.5) is 0 Å². The summed E-state index contributed by atoms with van der Waals surface area (Å²) in [5, 5.41) is 0. The van der Waals surface area contributed by atoms with Crippen LogP contribution < -0.4 is 0 Å². The van der Waals surface area contributed by atoms with Crippen LogP contribution in [0.5, 0.6) is 0 Å². The fourth-order valence-corrected chi connectivity index (χ4v) is 10.7. The van der Waals surface area contributed by atoms with Crippen molar-refractivity contribution in [2.45, 2.75) is 118 Å². The lowest BCUT2D eigenvalue weighted by molar-refractivity contribution is 0.481. The van der Waals surface area contributed by atoms with Crippen LogP contribution in [0.3, 0.4) is 0 Å². The van der Waals surface area contributed by atoms with Crippen molar-refractivity contribution in [1.29, 1.82) is 0 Å². The third-order valence-electron chi connectivity index (χ3n) is 12.4. The second kappa shape index (κ2) is 16.0. The average molecular weight is 847 g/mol. The van der Waals surface area contributed by atoms with E-state index in [-0.39, 0.29) is 9.79 Å². The van der Waals surface area contributed by atoms with Crippen LogP contribution in [-0.4, -0.2) is 45.9 Å². The van der Waals surface area contributed by atoms with Crippen molar-refractivity contribution in [2.75, 3.05) is 0 Å². The smallest absolute Gasteiger partial charge is 0.295 e. The van der Waals surface area contributed by atoms with E-state index < -0.39 is 20.2 Å². The number of nitrogens with one attached hydrogen (secondary N) is 2. The molecule has 314 valence electrons. The summed E-state index contributed by atoms with van der Waals surface area (Å²) >= 11 is 0. The minimum atomic E-state index is -4.70. The van der Waals surface area contributed by atoms with Gasteiger partial charge in [0.25, 0.3) is 20.2 Å². The first-order valence-corrected chi connectivity index (χ1v) is 23.6. The molecule has 4 N–H and O–H groups in total. The topological polar surface area (TPSA) is 166 Å². The molecule has 2 aliphatic rings. The van der Waals surface area contributed by atoms with Crippen LogP contribution in [0.25, 0.3) is 66.6 Å². The van der Waals surface area contributed by atoms with Gasteiger partial charge in [0, 0.05) is 44.3 Å². The lowest BCUT2D eigenvalue weighted by atomic mass is 9.91. The Hall–Kier alpha value is -5.14. The molecule has 0 fully saturated rings. The first-order valence-electron chi connectivity index (χ1n) is 20.7. The van der Waals surface area contributed by atoms with E-state index in [4.69, 9.17) is 9.97 Å². The SMILES string of the molecule is CCCc1ccc(S(=O)(=O)O)c(-c2c(C)c3cc4nc(cc5nc(cc6[nH]c(cc2[nH]3)c(-c2c(S(=O)(=O)O)ccc(CCC)c2C)c6C)C(CC)=C5C)C(CC)=C4C)c1C. The summed E-state index contributed by atoms with van der Waals surface area (Å²) in [4.78, 5) is 17.2. The highest BCUT2D eigenvalue weighted by Gasteiger charge is 2.28. The minimum Gasteiger partial charge on any atom is -0.355 e. The summed E-state index contributed by atoms with van der Waals surface area (Å²) < 4.78 is 74.5. The molecule has 7 rings (SSSR count). The van der Waals surface area contributed by atoms with Crippen molar-refractivity contribution in [2.24, 2.45) is 0 Å². The molecular weight excluding hydrogens is 793 g/mol. The Morgan fingerprint density at radius 1 is 0.483 bits per heavy atom. The Kier molecular flexibility index (Phi) is 11.5. The second-order valence-corrected chi connectivity index (χ2v) is 18.8. The summed E-state index contributed by atoms with van der Waals surface area (Å²) in [6.45, 7) is 20.1. The molecule has 10 nitrogen and oxygen atoms in total. The van der Waals surface area contributed by atoms with Crippen molar-refractivity contribution < 1.29 is 25.9 Å². The molecule has 3 aromatic heterocycles. The van der Waals surface area contributed by atoms with Crippen LogP contribution in [0.15, 0.2) is 58.3 Å². The van der Waals surface area contributed by atoms with Crippen molar-refractivity contribution in [3.05, 3.63) is 105 Å². The van der Waals surface area contributed by atoms with Gasteiger partial charge in [0.05, 0.1) is 22.8 Å². The third kappa shape index (κ3) is 7.37. The molecule has 12 heteroatoms. The maximum absolute atomic E-state index is 13.2. The van der Waals surface area contributed by atoms with Gasteiger partial charge in [-0.1, -0.05) is 52.7 Å². The molecule has 0 saturated heterocycles. The van der Waals surface area contributed by atoms with E-state index in [9.17, 15) is 25.9 Å². The minimum absolute atomic E-state index is 0.212. The van der Waals surface area contributed by atoms with Gasteiger partial charge in [-0.15, -0.1) is 0 Å². The number of fused-ring (bicyclic) bond motifs is 8. The van der Waals surface area contributed by atoms with Gasteiger partial charge in [-0.3, -0.25) is 9.11 Å². The van der Waals surface area contributed by atoms with E-state index in [1.54, 1.807) is 12.1 Å². The monoisotopic (exact) mass is 846 g/mol. The molecule has 60 heavy (non-hydrogen) atoms. The molecule has 0 radical (unpaired) electrons. The number of H-pyrrole nitrogens is 2. The quantitative estimate of drug-likeness (QED) is 0.101. The summed E-state index contributed by atoms with van der Waals surface area (Å²) in [6, 6.07) is 14.4. The Balaban J connectivity index is 1.78. The summed E-state index contributed by atoms with van der Waals surface area (Å²) in [7, 11) is -9.40. The largest absolute Gasteiger partial charge is 0.355 e. The maximum atomic E-state index is 13.2. The predicted octanol–water partition coefficient (Wildman–Crippen LogP) is 12.0. The molecule has 0 spiro atoms. The number of benzene rings is 2. The fourth-order valence-electron chi connectivity index (χ4n) is 9.23. The average Bonchev–Trinajstić information content (AvgIpc) is 3.85. The lowest BCUT2D eigenvalue weighted by Crippen LogP contribution is -2.05. The first-order chi connectivity index (χ1) is 28.3. The molecule has 5 aromatic rings. The van der Waals surface area contributed by atoms with E-state index in [0.717, 1.165) is 104 Å². The molecule has 5 heterocycles. The van der Waals surface area contributed by atoms with E-state index in [0.29, 0.717) is 57.2 Å². The molecular formula is C48H54N4O6S2. The van der Waals surface area contributed by atoms with E-state index in [2.05, 4.69) is 51.5 Å². The van der Waals surface area contributed by atoms with Crippen LogP contribution in [0, 0.1) is 27.7 Å². The molecule has 0 atom stereocenters. The number of aromatic amines is 2. The van der Waals surface area contributed by atoms with E-state index in [1.807, 2.05) is 52.0 Å². The zero-order valence-electron chi connectivity index (χ0n) is 36.1. The maximum Gasteiger partial charge on any atom is 0.295 e. The molecule has 0 amide bonds. The van der Waals surface area contributed by atoms with Crippen LogP contribution in [0.1, 0.15) is 123 Å². The zero-order chi connectivity index (χ0) is 43.6. The number of aromatic nitrogens is 4. The predicted molar refractivity (Wildman–Crippen MR) is 244 cm³/mol. The van der Waals surface area contributed by atoms with Gasteiger partial charge < -0.3 is 9.97 Å². The van der Waals surface area contributed by atoms with Crippen LogP contribution >= 0.6 is 0 Å². The van der Waals surface area contributed by atoms with Crippen LogP contribution in [0.2, 0.25) is 0 Å². The van der Waals surface area contributed by atoms with E-state index >= 15 is 0 Å². The highest BCUT2D eigenvalue weighted by atomic mass is 32.2. The number of nitrogens with zero attached hydrogens (tertiary/aromatic N) is 2. The number of rotatable bonds is 10. The van der Waals surface area contributed by atoms with Gasteiger partial charge in [0.15, 0.2) is 0 Å². The number of hydrogen-bond acceptors (Lipinski definition) is 6. The van der Waals surface area contributed by atoms with Gasteiger partial charge in [-0.05, 0) is 159 Å². The fraction of sp³-hybridized carbons (Fsp3) is 0.333. The van der Waals surface area contributed by atoms with Gasteiger partial charge in [0.1, 0.15) is 9.79 Å². The van der Waals surface area contributed by atoms with Gasteiger partial charge in [-0.25, -0.2) is 9.97 Å². The van der Waals surface area contributed by atoms with Gasteiger partial charge >= 0.3 is 0 Å². The molecule has 8 bridgehead atoms. The zero-order valence-corrected chi connectivity index (χ0v) is 37.7. The first kappa shape index (κ1) is 43.0. The lowest BCUT2D eigenvalue weighted by Gasteiger charge is -2.16. The second-order valence-electron chi connectivity index (χ2n) is 16.1. The van der Waals surface area contributed by atoms with Crippen molar-refractivity contribution in [3.8, 4) is 22.3 Å². The van der Waals surface area contributed by atoms with E-state index in [1.165, 1.54) is 12.1 Å². The number of allylic oxidation sites excluding steroid dienone is 4. The normalized spacial score (nSPS) is 13.5. The van der Waals surface area contributed by atoms with Crippen molar-refractivity contribution >= 4 is 64.6 Å². The third-order valence-corrected chi connectivity index (χ3v) is 14.2. The van der Waals surface area contributed by atoms with Crippen molar-refractivity contribution in [3.63, 3.8) is 0 Å². The summed E-state index contributed by atoms with van der Waals surface area (Å²) in [5.74, 6) is 0. The highest BCUT2D eigenvalue weighted by Crippen LogP contribution is 2.44. The van der Waals surface area contributed by atoms with Crippen LogP contribution in [-0.2, 0) is 33.1 Å². The molecule has 0 saturated carbocycles. The molecule has 2 aliphatic heterocycles. The summed E-state index contributed by atoms with van der Waals surface area (Å²) in [5.41, 5.74) is 16.6. The Bertz CT molecular complexity index is 3090. The highest BCUT2D eigenvalue weighted by molar-refractivity contribution is 7.86. The molecule has 0 unspecified atom stereocenters. The Morgan fingerprint density at radius 3 is 1.25 bits per heavy atom. The Morgan fingerprint density at radius 2 is 0.867 bits per heavy atom. The number of aryl methyl sites for hydroxylation is 4. The standard InChI is InChI=1S/C48H54N4O6S2/c1-11-15-31-17-19-43(59(53,54)55)47(25(31)5)45-29(9)37-21-35-27(7)33(13-3)39(49-35)22-36-28(8)34(14-4)40(50-36)23-38-30(10)46(42(52-38)24-41(45)51-37)48-26(6)32(16-12-2)18-20-44(48)60(56,57)58/h17-24,51-52H,11-16H2,1-10H3,(H,53,54,55)(H,56,57,58). The number of hydrogen-bond donors (Lipinski definition) is 4. The van der Waals surface area contributed by atoms with Gasteiger partial charge in [0.2, 0.25) is 0 Å².